The van der Waals surface area contributed by atoms with E-state index < -0.39 is 28.7 Å². The van der Waals surface area contributed by atoms with Crippen molar-refractivity contribution in [3.8, 4) is 5.13 Å². The summed E-state index contributed by atoms with van der Waals surface area (Å²) in [6, 6.07) is 1.04. The van der Waals surface area contributed by atoms with E-state index in [-0.39, 0.29) is 47.0 Å². The molecule has 5 heterocycles. The Labute approximate surface area is 187 Å². The Morgan fingerprint density at radius 2 is 2.12 bits per heavy atom. The molecular formula is C19H14FN7O5S. The van der Waals surface area contributed by atoms with Crippen LogP contribution in [0.2, 0.25) is 0 Å². The van der Waals surface area contributed by atoms with E-state index >= 15 is 0 Å². The molecule has 2 N–H and O–H groups in total. The summed E-state index contributed by atoms with van der Waals surface area (Å²) >= 11 is 0.954. The van der Waals surface area contributed by atoms with Gasteiger partial charge in [0, 0.05) is 30.8 Å². The molecule has 4 aromatic heterocycles. The van der Waals surface area contributed by atoms with Crippen LogP contribution in [0, 0.1) is 18.7 Å². The molecule has 0 bridgehead atoms. The average molecular weight is 471 g/mol. The minimum atomic E-state index is -1.46. The first-order valence-electron chi connectivity index (χ1n) is 9.56. The van der Waals surface area contributed by atoms with Crippen LogP contribution in [0.25, 0.3) is 16.2 Å². The molecule has 4 aromatic rings. The first-order chi connectivity index (χ1) is 15.8. The van der Waals surface area contributed by atoms with Gasteiger partial charge in [0.1, 0.15) is 17.7 Å². The molecule has 0 spiro atoms. The first kappa shape index (κ1) is 20.7. The quantitative estimate of drug-likeness (QED) is 0.437. The van der Waals surface area contributed by atoms with Gasteiger partial charge in [0.15, 0.2) is 17.3 Å². The molecule has 0 saturated carbocycles. The summed E-state index contributed by atoms with van der Waals surface area (Å²) in [5.74, 6) is -2.56. The van der Waals surface area contributed by atoms with Crippen molar-refractivity contribution in [3.63, 3.8) is 0 Å². The third kappa shape index (κ3) is 3.59. The molecule has 0 atom stereocenters. The van der Waals surface area contributed by atoms with Crippen molar-refractivity contribution in [2.24, 2.45) is 5.92 Å². The third-order valence-electron chi connectivity index (χ3n) is 5.10. The molecule has 1 aliphatic heterocycles. The number of nitrogens with one attached hydrogen (secondary N) is 1. The summed E-state index contributed by atoms with van der Waals surface area (Å²) in [5, 5.41) is 12.0. The van der Waals surface area contributed by atoms with Gasteiger partial charge in [-0.05, 0) is 13.0 Å². The zero-order valence-corrected chi connectivity index (χ0v) is 17.7. The molecular weight excluding hydrogens is 457 g/mol. The largest absolute Gasteiger partial charge is 0.477 e. The number of oxazole rings is 1. The van der Waals surface area contributed by atoms with Gasteiger partial charge in [-0.3, -0.25) is 19.5 Å². The lowest BCUT2D eigenvalue weighted by molar-refractivity contribution is -0.120. The number of hydrogen-bond acceptors (Lipinski definition) is 10. The van der Waals surface area contributed by atoms with E-state index in [4.69, 9.17) is 4.42 Å². The van der Waals surface area contributed by atoms with E-state index in [1.54, 1.807) is 11.8 Å². The van der Waals surface area contributed by atoms with Gasteiger partial charge in [-0.1, -0.05) is 0 Å². The number of pyridine rings is 2. The van der Waals surface area contributed by atoms with Crippen LogP contribution >= 0.6 is 11.5 Å². The fourth-order valence-corrected chi connectivity index (χ4v) is 3.96. The molecule has 1 fully saturated rings. The lowest BCUT2D eigenvalue weighted by Crippen LogP contribution is -2.52. The first-order valence-corrected chi connectivity index (χ1v) is 10.3. The van der Waals surface area contributed by atoms with Crippen molar-refractivity contribution in [3.05, 3.63) is 52.2 Å². The minimum absolute atomic E-state index is 0.0290. The van der Waals surface area contributed by atoms with Crippen molar-refractivity contribution < 1.29 is 23.5 Å². The number of fused-ring (bicyclic) bond motifs is 1. The number of carboxylic acid groups (broad SMARTS) is 1. The summed E-state index contributed by atoms with van der Waals surface area (Å²) in [5.41, 5.74) is -1.38. The smallest absolute Gasteiger partial charge is 0.341 e. The van der Waals surface area contributed by atoms with E-state index in [0.29, 0.717) is 5.76 Å². The van der Waals surface area contributed by atoms with Gasteiger partial charge in [0.2, 0.25) is 16.5 Å². The summed E-state index contributed by atoms with van der Waals surface area (Å²) < 4.78 is 25.3. The van der Waals surface area contributed by atoms with Crippen molar-refractivity contribution >= 4 is 46.3 Å². The molecule has 5 rings (SSSR count). The maximum absolute atomic E-state index is 14.9. The Kier molecular flexibility index (Phi) is 4.85. The van der Waals surface area contributed by atoms with E-state index in [1.165, 1.54) is 17.1 Å². The monoisotopic (exact) mass is 471 g/mol. The predicted octanol–water partition coefficient (Wildman–Crippen LogP) is 1.45. The van der Waals surface area contributed by atoms with Gasteiger partial charge < -0.3 is 14.4 Å². The van der Waals surface area contributed by atoms with Gasteiger partial charge in [-0.25, -0.2) is 24.1 Å². The highest BCUT2D eigenvalue weighted by molar-refractivity contribution is 7.08. The summed E-state index contributed by atoms with van der Waals surface area (Å²) in [7, 11) is 0. The van der Waals surface area contributed by atoms with Crippen LogP contribution in [-0.2, 0) is 4.79 Å². The molecule has 1 saturated heterocycles. The van der Waals surface area contributed by atoms with Crippen molar-refractivity contribution in [2.75, 3.05) is 23.3 Å². The van der Waals surface area contributed by atoms with Crippen LogP contribution in [0.5, 0.6) is 0 Å². The highest BCUT2D eigenvalue weighted by Crippen LogP contribution is 2.29. The van der Waals surface area contributed by atoms with Gasteiger partial charge in [0.05, 0.1) is 17.5 Å². The lowest BCUT2D eigenvalue weighted by atomic mass is 9.99. The number of rotatable bonds is 5. The van der Waals surface area contributed by atoms with Crippen LogP contribution < -0.4 is 15.6 Å². The second-order valence-corrected chi connectivity index (χ2v) is 8.06. The lowest BCUT2D eigenvalue weighted by Gasteiger charge is -2.39. The van der Waals surface area contributed by atoms with Crippen molar-refractivity contribution in [2.45, 2.75) is 6.92 Å². The minimum Gasteiger partial charge on any atom is -0.477 e. The zero-order valence-electron chi connectivity index (χ0n) is 16.9. The number of carbonyl (C=O) groups is 2. The van der Waals surface area contributed by atoms with E-state index in [1.807, 2.05) is 0 Å². The maximum atomic E-state index is 14.9. The van der Waals surface area contributed by atoms with Crippen LogP contribution in [0.3, 0.4) is 0 Å². The maximum Gasteiger partial charge on any atom is 0.341 e. The molecule has 168 valence electrons. The number of amides is 1. The molecule has 0 aromatic carbocycles. The van der Waals surface area contributed by atoms with Gasteiger partial charge in [0.25, 0.3) is 0 Å². The van der Waals surface area contributed by atoms with Crippen LogP contribution in [0.4, 0.5) is 16.2 Å². The number of aryl methyl sites for hydroxylation is 1. The number of halogens is 1. The summed E-state index contributed by atoms with van der Waals surface area (Å²) in [6.45, 7) is 2.05. The molecule has 12 nitrogen and oxygen atoms in total. The number of aromatic carboxylic acids is 1. The van der Waals surface area contributed by atoms with Crippen molar-refractivity contribution in [1.82, 2.24) is 23.9 Å². The number of hydrogen-bond donors (Lipinski definition) is 2. The molecule has 0 radical (unpaired) electrons. The number of carboxylic acids is 1. The van der Waals surface area contributed by atoms with E-state index in [0.717, 1.165) is 23.8 Å². The van der Waals surface area contributed by atoms with Gasteiger partial charge in [-0.15, -0.1) is 0 Å². The SMILES string of the molecule is Cc1cnc(NC(=O)C2CN(c3nc4c(cc3F)c(=O)c(C(=O)O)cn4-c3ncns3)C2)o1. The highest BCUT2D eigenvalue weighted by atomic mass is 32.1. The summed E-state index contributed by atoms with van der Waals surface area (Å²) in [4.78, 5) is 50.3. The van der Waals surface area contributed by atoms with Crippen LogP contribution in [-0.4, -0.2) is 54.0 Å². The molecule has 14 heteroatoms. The second kappa shape index (κ2) is 7.74. The van der Waals surface area contributed by atoms with Crippen LogP contribution in [0.1, 0.15) is 16.1 Å². The number of carbonyl (C=O) groups excluding carboxylic acids is 1. The van der Waals surface area contributed by atoms with E-state index in [9.17, 15) is 23.9 Å². The van der Waals surface area contributed by atoms with Crippen LogP contribution in [0.15, 0.2) is 34.0 Å². The molecule has 1 amide bonds. The second-order valence-electron chi connectivity index (χ2n) is 7.30. The number of nitrogens with zero attached hydrogens (tertiary/aromatic N) is 6. The van der Waals surface area contributed by atoms with Crippen molar-refractivity contribution in [1.29, 1.82) is 0 Å². The standard InChI is InChI=1S/C19H14FN7O5S/c1-8-3-21-18(32-8)25-16(29)9-4-26(5-9)15-12(20)2-10-13(28)11(17(30)31)6-27(14(10)24-15)19-22-7-23-33-19/h2-3,6-7,9H,4-5H2,1H3,(H,30,31)(H,21,25,29). The third-order valence-corrected chi connectivity index (χ3v) is 5.77. The van der Waals surface area contributed by atoms with Gasteiger partial charge >= 0.3 is 12.0 Å². The average Bonchev–Trinajstić information content (AvgIpc) is 3.40. The van der Waals surface area contributed by atoms with Gasteiger partial charge in [-0.2, -0.15) is 4.37 Å². The van der Waals surface area contributed by atoms with E-state index in [2.05, 4.69) is 24.6 Å². The fraction of sp³-hybridized carbons (Fsp3) is 0.211. The number of aromatic nitrogens is 5. The summed E-state index contributed by atoms with van der Waals surface area (Å²) in [6.07, 6.45) is 3.83. The fourth-order valence-electron chi connectivity index (χ4n) is 3.45. The number of anilines is 2. The topological polar surface area (TPSA) is 156 Å². The Morgan fingerprint density at radius 1 is 1.33 bits per heavy atom. The molecule has 0 aliphatic carbocycles. The molecule has 33 heavy (non-hydrogen) atoms. The highest BCUT2D eigenvalue weighted by Gasteiger charge is 2.36. The Hall–Kier alpha value is -4.20. The molecule has 0 unspecified atom stereocenters. The normalized spacial score (nSPS) is 13.8. The predicted molar refractivity (Wildman–Crippen MR) is 113 cm³/mol. The Bertz CT molecular complexity index is 1460. The Balaban J connectivity index is 1.48. The Morgan fingerprint density at radius 3 is 2.76 bits per heavy atom. The zero-order chi connectivity index (χ0) is 23.3. The molecule has 1 aliphatic rings.